The van der Waals surface area contributed by atoms with E-state index in [-0.39, 0.29) is 11.9 Å². The zero-order valence-electron chi connectivity index (χ0n) is 14.2. The number of aromatic nitrogens is 1. The minimum Gasteiger partial charge on any atom is -0.449 e. The molecule has 1 aromatic heterocycles. The first-order valence-corrected chi connectivity index (χ1v) is 8.49. The van der Waals surface area contributed by atoms with Crippen LogP contribution in [0.5, 0.6) is 0 Å². The zero-order chi connectivity index (χ0) is 16.8. The van der Waals surface area contributed by atoms with E-state index >= 15 is 0 Å². The number of carbonyl (C=O) groups is 2. The largest absolute Gasteiger partial charge is 0.449 e. The average Bonchev–Trinajstić information content (AvgIpc) is 2.72. The molecule has 128 valence electrons. The van der Waals surface area contributed by atoms with Gasteiger partial charge in [-0.2, -0.15) is 0 Å². The molecule has 1 aromatic rings. The molecule has 1 N–H and O–H groups in total. The van der Waals surface area contributed by atoms with Gasteiger partial charge in [0, 0.05) is 6.04 Å². The second kappa shape index (κ2) is 8.13. The van der Waals surface area contributed by atoms with E-state index in [1.165, 1.54) is 12.8 Å². The molecule has 1 aliphatic rings. The third-order valence-corrected chi connectivity index (χ3v) is 4.33. The first-order valence-electron chi connectivity index (χ1n) is 8.49. The van der Waals surface area contributed by atoms with Crippen molar-refractivity contribution < 1.29 is 18.8 Å². The van der Waals surface area contributed by atoms with E-state index < -0.39 is 12.1 Å². The second-order valence-corrected chi connectivity index (χ2v) is 6.16. The van der Waals surface area contributed by atoms with Crippen LogP contribution < -0.4 is 5.32 Å². The number of hydrogen-bond acceptors (Lipinski definition) is 5. The van der Waals surface area contributed by atoms with Gasteiger partial charge in [0.2, 0.25) is 0 Å². The van der Waals surface area contributed by atoms with Crippen LogP contribution in [0.3, 0.4) is 0 Å². The molecule has 1 aliphatic carbocycles. The summed E-state index contributed by atoms with van der Waals surface area (Å²) in [7, 11) is 0. The molecule has 23 heavy (non-hydrogen) atoms. The fraction of sp³-hybridized carbons (Fsp3) is 0.706. The minimum atomic E-state index is -0.829. The number of aryl methyl sites for hydroxylation is 2. The molecule has 0 spiro atoms. The number of nitrogens with zero attached hydrogens (tertiary/aromatic N) is 1. The Morgan fingerprint density at radius 3 is 2.57 bits per heavy atom. The van der Waals surface area contributed by atoms with Crippen LogP contribution in [0.4, 0.5) is 0 Å². The summed E-state index contributed by atoms with van der Waals surface area (Å²) < 4.78 is 10.3. The molecule has 0 bridgehead atoms. The molecule has 1 heterocycles. The van der Waals surface area contributed by atoms with Gasteiger partial charge in [-0.05, 0) is 33.1 Å². The van der Waals surface area contributed by atoms with Crippen molar-refractivity contribution in [3.05, 3.63) is 17.0 Å². The first kappa shape index (κ1) is 17.5. The van der Waals surface area contributed by atoms with Gasteiger partial charge in [0.15, 0.2) is 6.10 Å². The molecule has 1 unspecified atom stereocenters. The monoisotopic (exact) mass is 322 g/mol. The summed E-state index contributed by atoms with van der Waals surface area (Å²) >= 11 is 0. The maximum Gasteiger partial charge on any atom is 0.344 e. The van der Waals surface area contributed by atoms with Crippen molar-refractivity contribution in [2.45, 2.75) is 77.9 Å². The summed E-state index contributed by atoms with van der Waals surface area (Å²) in [6.45, 7) is 5.15. The number of carbonyl (C=O) groups excluding carboxylic acids is 2. The number of rotatable bonds is 5. The van der Waals surface area contributed by atoms with E-state index in [0.717, 1.165) is 25.7 Å². The number of nitrogens with one attached hydrogen (secondary N) is 1. The predicted molar refractivity (Wildman–Crippen MR) is 85.1 cm³/mol. The maximum absolute atomic E-state index is 12.3. The van der Waals surface area contributed by atoms with Crippen LogP contribution in [-0.4, -0.2) is 29.2 Å². The smallest absolute Gasteiger partial charge is 0.344 e. The van der Waals surface area contributed by atoms with E-state index in [4.69, 9.17) is 9.26 Å². The lowest BCUT2D eigenvalue weighted by Crippen LogP contribution is -2.42. The van der Waals surface area contributed by atoms with Crippen LogP contribution in [0, 0.1) is 6.92 Å². The Labute approximate surface area is 136 Å². The highest BCUT2D eigenvalue weighted by Gasteiger charge is 2.26. The van der Waals surface area contributed by atoms with E-state index in [0.29, 0.717) is 23.4 Å². The third kappa shape index (κ3) is 4.56. The van der Waals surface area contributed by atoms with Gasteiger partial charge in [-0.1, -0.05) is 37.8 Å². The van der Waals surface area contributed by atoms with Crippen LogP contribution in [0.2, 0.25) is 0 Å². The topological polar surface area (TPSA) is 81.4 Å². The Hall–Kier alpha value is -1.85. The number of hydrogen-bond donors (Lipinski definition) is 1. The molecule has 1 saturated carbocycles. The summed E-state index contributed by atoms with van der Waals surface area (Å²) in [4.78, 5) is 24.5. The fourth-order valence-corrected chi connectivity index (χ4v) is 2.94. The van der Waals surface area contributed by atoms with E-state index in [9.17, 15) is 9.59 Å². The SMILES string of the molecule is CCc1noc(C)c1C(=O)OC(C)C(=O)NC1CCCCCC1. The second-order valence-electron chi connectivity index (χ2n) is 6.16. The summed E-state index contributed by atoms with van der Waals surface area (Å²) in [5, 5.41) is 6.83. The summed E-state index contributed by atoms with van der Waals surface area (Å²) in [6.07, 6.45) is 6.47. The Kier molecular flexibility index (Phi) is 6.19. The van der Waals surface area contributed by atoms with Crippen LogP contribution in [0.1, 0.15) is 74.2 Å². The molecule has 2 rings (SSSR count). The van der Waals surface area contributed by atoms with Crippen LogP contribution in [-0.2, 0) is 16.0 Å². The first-order chi connectivity index (χ1) is 11.0. The Morgan fingerprint density at radius 1 is 1.30 bits per heavy atom. The number of amides is 1. The lowest BCUT2D eigenvalue weighted by Gasteiger charge is -2.19. The summed E-state index contributed by atoms with van der Waals surface area (Å²) in [5.74, 6) is -0.371. The van der Waals surface area contributed by atoms with Crippen molar-refractivity contribution in [2.24, 2.45) is 0 Å². The van der Waals surface area contributed by atoms with Gasteiger partial charge < -0.3 is 14.6 Å². The van der Waals surface area contributed by atoms with Gasteiger partial charge in [0.1, 0.15) is 11.3 Å². The van der Waals surface area contributed by atoms with Crippen molar-refractivity contribution in [3.8, 4) is 0 Å². The molecule has 6 nitrogen and oxygen atoms in total. The van der Waals surface area contributed by atoms with E-state index in [1.807, 2.05) is 6.92 Å². The normalized spacial score (nSPS) is 17.3. The lowest BCUT2D eigenvalue weighted by molar-refractivity contribution is -0.129. The van der Waals surface area contributed by atoms with E-state index in [1.54, 1.807) is 13.8 Å². The zero-order valence-corrected chi connectivity index (χ0v) is 14.2. The Morgan fingerprint density at radius 2 is 1.96 bits per heavy atom. The molecule has 6 heteroatoms. The fourth-order valence-electron chi connectivity index (χ4n) is 2.94. The van der Waals surface area contributed by atoms with Gasteiger partial charge in [-0.15, -0.1) is 0 Å². The van der Waals surface area contributed by atoms with Gasteiger partial charge in [0.05, 0.1) is 5.69 Å². The molecule has 1 amide bonds. The highest BCUT2D eigenvalue weighted by molar-refractivity contribution is 5.94. The molecule has 1 fully saturated rings. The van der Waals surface area contributed by atoms with Crippen molar-refractivity contribution in [1.82, 2.24) is 10.5 Å². The molecule has 0 aromatic carbocycles. The van der Waals surface area contributed by atoms with Crippen molar-refractivity contribution in [2.75, 3.05) is 0 Å². The third-order valence-electron chi connectivity index (χ3n) is 4.33. The molecule has 0 radical (unpaired) electrons. The standard InChI is InChI=1S/C17H26N2O4/c1-4-14-15(11(2)23-19-14)17(21)22-12(3)16(20)18-13-9-7-5-6-8-10-13/h12-13H,4-10H2,1-3H3,(H,18,20). The summed E-state index contributed by atoms with van der Waals surface area (Å²) in [5.41, 5.74) is 0.894. The average molecular weight is 322 g/mol. The highest BCUT2D eigenvalue weighted by Crippen LogP contribution is 2.18. The number of ether oxygens (including phenoxy) is 1. The maximum atomic E-state index is 12.3. The molecular weight excluding hydrogens is 296 g/mol. The molecule has 1 atom stereocenters. The minimum absolute atomic E-state index is 0.190. The molecule has 0 saturated heterocycles. The molecular formula is C17H26N2O4. The van der Waals surface area contributed by atoms with Crippen molar-refractivity contribution >= 4 is 11.9 Å². The van der Waals surface area contributed by atoms with Gasteiger partial charge in [-0.25, -0.2) is 4.79 Å². The Bertz CT molecular complexity index is 545. The number of esters is 1. The van der Waals surface area contributed by atoms with Crippen molar-refractivity contribution in [3.63, 3.8) is 0 Å². The quantitative estimate of drug-likeness (QED) is 0.666. The lowest BCUT2D eigenvalue weighted by atomic mass is 10.1. The summed E-state index contributed by atoms with van der Waals surface area (Å²) in [6, 6.07) is 0.190. The van der Waals surface area contributed by atoms with Crippen LogP contribution in [0.15, 0.2) is 4.52 Å². The van der Waals surface area contributed by atoms with Gasteiger partial charge in [-0.3, -0.25) is 4.79 Å². The van der Waals surface area contributed by atoms with Crippen molar-refractivity contribution in [1.29, 1.82) is 0 Å². The van der Waals surface area contributed by atoms with Gasteiger partial charge in [0.25, 0.3) is 5.91 Å². The molecule has 0 aliphatic heterocycles. The highest BCUT2D eigenvalue weighted by atomic mass is 16.5. The van der Waals surface area contributed by atoms with Crippen LogP contribution in [0.25, 0.3) is 0 Å². The van der Waals surface area contributed by atoms with Gasteiger partial charge >= 0.3 is 5.97 Å². The predicted octanol–water partition coefficient (Wildman–Crippen LogP) is 2.93. The Balaban J connectivity index is 1.92. The van der Waals surface area contributed by atoms with Crippen LogP contribution >= 0.6 is 0 Å². The van der Waals surface area contributed by atoms with E-state index in [2.05, 4.69) is 10.5 Å².